The average Bonchev–Trinajstić information content (AvgIpc) is 2.04. The molecule has 0 heterocycles. The summed E-state index contributed by atoms with van der Waals surface area (Å²) in [5.41, 5.74) is 1.94. The molecular formula is C10H12N2. The van der Waals surface area contributed by atoms with Gasteiger partial charge in [0.1, 0.15) is 5.84 Å². The standard InChI is InChI=1S/C10H12N2/c1-3-9-6-4-5-7-10(9)12-8(2)11/h3-7,11H,1-2H3/b9-3-,11-8?,12-10?. The predicted octanol–water partition coefficient (Wildman–Crippen LogP) is 2.50. The van der Waals surface area contributed by atoms with Crippen molar-refractivity contribution in [2.24, 2.45) is 4.99 Å². The van der Waals surface area contributed by atoms with Crippen LogP contribution in [0.3, 0.4) is 0 Å². The third kappa shape index (κ3) is 2.02. The molecule has 0 aromatic carbocycles. The summed E-state index contributed by atoms with van der Waals surface area (Å²) in [6, 6.07) is 0. The van der Waals surface area contributed by atoms with Gasteiger partial charge in [-0.05, 0) is 25.5 Å². The van der Waals surface area contributed by atoms with Crippen LogP contribution in [0.1, 0.15) is 13.8 Å². The van der Waals surface area contributed by atoms with Crippen molar-refractivity contribution >= 4 is 11.5 Å². The van der Waals surface area contributed by atoms with Crippen molar-refractivity contribution in [3.63, 3.8) is 0 Å². The fourth-order valence-corrected chi connectivity index (χ4v) is 1.01. The van der Waals surface area contributed by atoms with Crippen LogP contribution in [0.4, 0.5) is 0 Å². The van der Waals surface area contributed by atoms with Crippen molar-refractivity contribution in [3.8, 4) is 0 Å². The molecule has 0 unspecified atom stereocenters. The molecule has 0 radical (unpaired) electrons. The minimum absolute atomic E-state index is 0.337. The zero-order valence-electron chi connectivity index (χ0n) is 7.33. The largest absolute Gasteiger partial charge is 0.287 e. The fraction of sp³-hybridized carbons (Fsp3) is 0.200. The van der Waals surface area contributed by atoms with Crippen LogP contribution in [-0.4, -0.2) is 11.5 Å². The zero-order valence-corrected chi connectivity index (χ0v) is 7.33. The maximum atomic E-state index is 7.22. The van der Waals surface area contributed by atoms with Gasteiger partial charge in [0.25, 0.3) is 0 Å². The number of aliphatic imine (C=N–C) groups is 1. The van der Waals surface area contributed by atoms with Crippen LogP contribution in [0.25, 0.3) is 0 Å². The molecule has 0 fully saturated rings. The lowest BCUT2D eigenvalue weighted by atomic mass is 10.1. The van der Waals surface area contributed by atoms with Gasteiger partial charge in [0.05, 0.1) is 5.71 Å². The van der Waals surface area contributed by atoms with E-state index in [0.29, 0.717) is 5.84 Å². The first-order valence-corrected chi connectivity index (χ1v) is 3.89. The van der Waals surface area contributed by atoms with Crippen LogP contribution in [0, 0.1) is 5.41 Å². The molecule has 0 aromatic heterocycles. The van der Waals surface area contributed by atoms with Crippen LogP contribution in [0.5, 0.6) is 0 Å². The van der Waals surface area contributed by atoms with Crippen molar-refractivity contribution in [2.75, 3.05) is 0 Å². The zero-order chi connectivity index (χ0) is 8.97. The number of rotatable bonds is 0. The third-order valence-electron chi connectivity index (χ3n) is 1.54. The molecule has 0 bridgehead atoms. The molecule has 1 aliphatic carbocycles. The van der Waals surface area contributed by atoms with Crippen LogP contribution in [-0.2, 0) is 0 Å². The summed E-state index contributed by atoms with van der Waals surface area (Å²) >= 11 is 0. The summed E-state index contributed by atoms with van der Waals surface area (Å²) in [4.78, 5) is 4.08. The number of allylic oxidation sites excluding steroid dienone is 6. The van der Waals surface area contributed by atoms with Gasteiger partial charge in [-0.2, -0.15) is 0 Å². The summed E-state index contributed by atoms with van der Waals surface area (Å²) in [5, 5.41) is 7.22. The molecule has 0 saturated carbocycles. The number of hydrogen-bond acceptors (Lipinski definition) is 1. The molecule has 2 heteroatoms. The van der Waals surface area contributed by atoms with Gasteiger partial charge < -0.3 is 0 Å². The highest BCUT2D eigenvalue weighted by Gasteiger charge is 2.01. The van der Waals surface area contributed by atoms with E-state index in [2.05, 4.69) is 4.99 Å². The fourth-order valence-electron chi connectivity index (χ4n) is 1.01. The van der Waals surface area contributed by atoms with E-state index in [-0.39, 0.29) is 0 Å². The van der Waals surface area contributed by atoms with E-state index in [1.165, 1.54) is 0 Å². The number of hydrogen-bond donors (Lipinski definition) is 1. The van der Waals surface area contributed by atoms with Gasteiger partial charge in [0.15, 0.2) is 0 Å². The van der Waals surface area contributed by atoms with Crippen LogP contribution >= 0.6 is 0 Å². The summed E-state index contributed by atoms with van der Waals surface area (Å²) in [6.07, 6.45) is 9.78. The molecule has 0 atom stereocenters. The van der Waals surface area contributed by atoms with Gasteiger partial charge in [-0.1, -0.05) is 24.3 Å². The third-order valence-corrected chi connectivity index (χ3v) is 1.54. The molecule has 0 aromatic rings. The Morgan fingerprint density at radius 2 is 2.08 bits per heavy atom. The molecule has 1 aliphatic rings. The van der Waals surface area contributed by atoms with Gasteiger partial charge in [-0.3, -0.25) is 5.41 Å². The first-order chi connectivity index (χ1) is 5.74. The van der Waals surface area contributed by atoms with E-state index in [1.807, 2.05) is 37.3 Å². The van der Waals surface area contributed by atoms with Crippen molar-refractivity contribution in [1.82, 2.24) is 0 Å². The van der Waals surface area contributed by atoms with Crippen LogP contribution < -0.4 is 0 Å². The minimum Gasteiger partial charge on any atom is -0.287 e. The van der Waals surface area contributed by atoms with E-state index in [1.54, 1.807) is 6.92 Å². The van der Waals surface area contributed by atoms with Gasteiger partial charge in [0.2, 0.25) is 0 Å². The molecule has 0 saturated heterocycles. The smallest absolute Gasteiger partial charge is 0.118 e. The highest BCUT2D eigenvalue weighted by Crippen LogP contribution is 2.07. The first-order valence-electron chi connectivity index (χ1n) is 3.89. The Morgan fingerprint density at radius 3 is 2.67 bits per heavy atom. The molecule has 2 nitrogen and oxygen atoms in total. The Morgan fingerprint density at radius 1 is 1.42 bits per heavy atom. The number of amidine groups is 1. The lowest BCUT2D eigenvalue weighted by Crippen LogP contribution is -2.02. The average molecular weight is 160 g/mol. The van der Waals surface area contributed by atoms with Crippen molar-refractivity contribution in [1.29, 1.82) is 5.41 Å². The van der Waals surface area contributed by atoms with E-state index < -0.39 is 0 Å². The molecule has 1 N–H and O–H groups in total. The van der Waals surface area contributed by atoms with Gasteiger partial charge in [-0.15, -0.1) is 0 Å². The molecule has 0 spiro atoms. The SMILES string of the molecule is C/C=C1/C=CC=CC1=NC(C)=N. The maximum absolute atomic E-state index is 7.22. The van der Waals surface area contributed by atoms with E-state index in [4.69, 9.17) is 5.41 Å². The molecular weight excluding hydrogens is 148 g/mol. The van der Waals surface area contributed by atoms with E-state index in [9.17, 15) is 0 Å². The van der Waals surface area contributed by atoms with Crippen molar-refractivity contribution in [3.05, 3.63) is 36.0 Å². The molecule has 0 aliphatic heterocycles. The summed E-state index contributed by atoms with van der Waals surface area (Å²) < 4.78 is 0. The lowest BCUT2D eigenvalue weighted by molar-refractivity contribution is 1.41. The van der Waals surface area contributed by atoms with Crippen LogP contribution in [0.2, 0.25) is 0 Å². The second-order valence-corrected chi connectivity index (χ2v) is 2.54. The van der Waals surface area contributed by atoms with E-state index >= 15 is 0 Å². The summed E-state index contributed by atoms with van der Waals surface area (Å²) in [6.45, 7) is 3.64. The highest BCUT2D eigenvalue weighted by atomic mass is 14.8. The maximum Gasteiger partial charge on any atom is 0.118 e. The Kier molecular flexibility index (Phi) is 2.75. The Balaban J connectivity index is 2.98. The summed E-state index contributed by atoms with van der Waals surface area (Å²) in [5.74, 6) is 0.337. The van der Waals surface area contributed by atoms with Gasteiger partial charge in [-0.25, -0.2) is 4.99 Å². The minimum atomic E-state index is 0.337. The van der Waals surface area contributed by atoms with Crippen molar-refractivity contribution in [2.45, 2.75) is 13.8 Å². The van der Waals surface area contributed by atoms with Gasteiger partial charge in [0, 0.05) is 0 Å². The van der Waals surface area contributed by atoms with Crippen LogP contribution in [0.15, 0.2) is 40.9 Å². The van der Waals surface area contributed by atoms with E-state index in [0.717, 1.165) is 11.3 Å². The molecule has 0 amide bonds. The number of nitrogens with zero attached hydrogens (tertiary/aromatic N) is 1. The Hall–Kier alpha value is -1.44. The predicted molar refractivity (Wildman–Crippen MR) is 52.9 cm³/mol. The highest BCUT2D eigenvalue weighted by molar-refractivity contribution is 6.15. The topological polar surface area (TPSA) is 36.2 Å². The number of nitrogens with one attached hydrogen (secondary N) is 1. The normalized spacial score (nSPS) is 22.2. The van der Waals surface area contributed by atoms with Crippen molar-refractivity contribution < 1.29 is 0 Å². The second-order valence-electron chi connectivity index (χ2n) is 2.54. The molecule has 12 heavy (non-hydrogen) atoms. The van der Waals surface area contributed by atoms with Gasteiger partial charge >= 0.3 is 0 Å². The molecule has 62 valence electrons. The molecule has 1 rings (SSSR count). The lowest BCUT2D eigenvalue weighted by Gasteiger charge is -2.04. The monoisotopic (exact) mass is 160 g/mol. The summed E-state index contributed by atoms with van der Waals surface area (Å²) in [7, 11) is 0. The quantitative estimate of drug-likeness (QED) is 0.417. The Labute approximate surface area is 72.5 Å². The Bertz CT molecular complexity index is 304. The second kappa shape index (κ2) is 3.81. The first kappa shape index (κ1) is 8.65.